The Morgan fingerprint density at radius 3 is 2.62 bits per heavy atom. The second-order valence-corrected chi connectivity index (χ2v) is 5.88. The average molecular weight is 368 g/mol. The summed E-state index contributed by atoms with van der Waals surface area (Å²) in [4.78, 5) is 22.4. The number of benzene rings is 1. The number of amides is 2. The first-order valence-electron chi connectivity index (χ1n) is 7.29. The molecule has 7 nitrogen and oxygen atoms in total. The molecule has 0 bridgehead atoms. The molecule has 9 heteroatoms. The molecule has 0 radical (unpaired) electrons. The molecule has 2 amide bonds. The summed E-state index contributed by atoms with van der Waals surface area (Å²) < 4.78 is 5.32. The summed E-state index contributed by atoms with van der Waals surface area (Å²) in [5, 5.41) is 6.13. The van der Waals surface area contributed by atoms with Crippen LogP contribution in [0.4, 0.5) is 22.1 Å². The quantitative estimate of drug-likeness (QED) is 0.870. The van der Waals surface area contributed by atoms with Gasteiger partial charge in [-0.05, 0) is 18.2 Å². The zero-order chi connectivity index (χ0) is 16.9. The maximum absolute atomic E-state index is 12.1. The number of nitrogens with zero attached hydrogens (tertiary/aromatic N) is 3. The molecule has 2 N–H and O–H groups in total. The zero-order valence-electron chi connectivity index (χ0n) is 12.6. The lowest BCUT2D eigenvalue weighted by Gasteiger charge is -2.27. The van der Waals surface area contributed by atoms with Crippen LogP contribution in [0, 0.1) is 0 Å². The summed E-state index contributed by atoms with van der Waals surface area (Å²) in [5.74, 6) is 1.15. The average Bonchev–Trinajstić information content (AvgIpc) is 2.59. The number of halogens is 2. The Labute approximate surface area is 148 Å². The molecule has 1 aliphatic rings. The van der Waals surface area contributed by atoms with Crippen molar-refractivity contribution < 1.29 is 9.53 Å². The van der Waals surface area contributed by atoms with E-state index in [0.717, 1.165) is 18.9 Å². The van der Waals surface area contributed by atoms with Crippen LogP contribution in [-0.2, 0) is 4.74 Å². The normalized spacial score (nSPS) is 14.3. The number of carbonyl (C=O) groups is 1. The molecule has 2 aromatic rings. The summed E-state index contributed by atoms with van der Waals surface area (Å²) >= 11 is 11.8. The Morgan fingerprint density at radius 2 is 1.88 bits per heavy atom. The number of ether oxygens (including phenoxy) is 1. The van der Waals surface area contributed by atoms with Gasteiger partial charge < -0.3 is 15.0 Å². The zero-order valence-corrected chi connectivity index (χ0v) is 14.1. The molecule has 3 rings (SSSR count). The number of nitrogens with one attached hydrogen (secondary N) is 2. The van der Waals surface area contributed by atoms with E-state index < -0.39 is 6.03 Å². The van der Waals surface area contributed by atoms with Gasteiger partial charge in [0.1, 0.15) is 18.0 Å². The minimum absolute atomic E-state index is 0.367. The fourth-order valence-electron chi connectivity index (χ4n) is 2.23. The number of anilines is 3. The van der Waals surface area contributed by atoms with Gasteiger partial charge in [-0.3, -0.25) is 5.32 Å². The molecular weight excluding hydrogens is 353 g/mol. The molecule has 0 saturated carbocycles. The van der Waals surface area contributed by atoms with Crippen LogP contribution in [0.3, 0.4) is 0 Å². The minimum atomic E-state index is -0.431. The highest BCUT2D eigenvalue weighted by atomic mass is 35.5. The Bertz CT molecular complexity index is 738. The number of aromatic nitrogens is 2. The molecule has 126 valence electrons. The van der Waals surface area contributed by atoms with E-state index in [0.29, 0.717) is 34.8 Å². The number of hydrogen-bond acceptors (Lipinski definition) is 5. The number of morpholine rings is 1. The molecule has 0 atom stereocenters. The third-order valence-corrected chi connectivity index (χ3v) is 4.15. The smallest absolute Gasteiger partial charge is 0.324 e. The molecule has 1 aromatic heterocycles. The van der Waals surface area contributed by atoms with E-state index in [1.54, 1.807) is 24.3 Å². The molecule has 2 heterocycles. The highest BCUT2D eigenvalue weighted by Gasteiger charge is 2.14. The fraction of sp³-hybridized carbons (Fsp3) is 0.267. The van der Waals surface area contributed by atoms with Crippen molar-refractivity contribution in [1.82, 2.24) is 9.97 Å². The lowest BCUT2D eigenvalue weighted by molar-refractivity contribution is 0.122. The Kier molecular flexibility index (Phi) is 5.34. The largest absolute Gasteiger partial charge is 0.378 e. The van der Waals surface area contributed by atoms with Gasteiger partial charge in [0.2, 0.25) is 0 Å². The minimum Gasteiger partial charge on any atom is -0.378 e. The molecule has 1 aromatic carbocycles. The van der Waals surface area contributed by atoms with E-state index in [4.69, 9.17) is 27.9 Å². The van der Waals surface area contributed by atoms with Gasteiger partial charge in [0.05, 0.1) is 23.3 Å². The van der Waals surface area contributed by atoms with Gasteiger partial charge in [0.15, 0.2) is 0 Å². The molecule has 0 unspecified atom stereocenters. The molecule has 0 aliphatic carbocycles. The molecular formula is C15H15Cl2N5O2. The summed E-state index contributed by atoms with van der Waals surface area (Å²) in [7, 11) is 0. The number of hydrogen-bond donors (Lipinski definition) is 2. The van der Waals surface area contributed by atoms with Crippen LogP contribution in [0.2, 0.25) is 10.0 Å². The van der Waals surface area contributed by atoms with Gasteiger partial charge in [-0.2, -0.15) is 0 Å². The third kappa shape index (κ3) is 4.25. The van der Waals surface area contributed by atoms with E-state index in [1.807, 2.05) is 0 Å². The van der Waals surface area contributed by atoms with Crippen LogP contribution >= 0.6 is 23.2 Å². The fourth-order valence-corrected chi connectivity index (χ4v) is 2.53. The van der Waals surface area contributed by atoms with Crippen molar-refractivity contribution in [3.05, 3.63) is 40.6 Å². The second kappa shape index (κ2) is 7.65. The van der Waals surface area contributed by atoms with E-state index in [2.05, 4.69) is 25.5 Å². The van der Waals surface area contributed by atoms with Gasteiger partial charge in [-0.15, -0.1) is 0 Å². The third-order valence-electron chi connectivity index (χ3n) is 3.41. The molecule has 24 heavy (non-hydrogen) atoms. The van der Waals surface area contributed by atoms with E-state index >= 15 is 0 Å². The summed E-state index contributed by atoms with van der Waals surface area (Å²) in [6, 6.07) is 6.13. The molecule has 1 saturated heterocycles. The van der Waals surface area contributed by atoms with E-state index in [9.17, 15) is 4.79 Å². The molecule has 0 spiro atoms. The first-order chi connectivity index (χ1) is 11.6. The van der Waals surface area contributed by atoms with E-state index in [1.165, 1.54) is 6.33 Å². The standard InChI is InChI=1S/C15H15Cl2N5O2/c16-11-2-1-10(7-12(11)17)20-15(23)21-13-8-14(19-9-18-13)22-3-5-24-6-4-22/h1-2,7-9H,3-6H2,(H2,18,19,20,21,23). The predicted molar refractivity (Wildman–Crippen MR) is 94.2 cm³/mol. The van der Waals surface area contributed by atoms with Crippen molar-refractivity contribution in [2.45, 2.75) is 0 Å². The van der Waals surface area contributed by atoms with Crippen molar-refractivity contribution in [2.24, 2.45) is 0 Å². The summed E-state index contributed by atoms with van der Waals surface area (Å²) in [6.07, 6.45) is 1.42. The number of urea groups is 1. The first kappa shape index (κ1) is 16.8. The second-order valence-electron chi connectivity index (χ2n) is 5.07. The van der Waals surface area contributed by atoms with Crippen LogP contribution in [0.25, 0.3) is 0 Å². The van der Waals surface area contributed by atoms with Crippen LogP contribution < -0.4 is 15.5 Å². The van der Waals surface area contributed by atoms with Gasteiger partial charge in [0.25, 0.3) is 0 Å². The SMILES string of the molecule is O=C(Nc1ccc(Cl)c(Cl)c1)Nc1cc(N2CCOCC2)ncn1. The van der Waals surface area contributed by atoms with Crippen molar-refractivity contribution in [1.29, 1.82) is 0 Å². The summed E-state index contributed by atoms with van der Waals surface area (Å²) in [5.41, 5.74) is 0.532. The van der Waals surface area contributed by atoms with Gasteiger partial charge in [-0.1, -0.05) is 23.2 Å². The van der Waals surface area contributed by atoms with Crippen molar-refractivity contribution in [2.75, 3.05) is 41.8 Å². The van der Waals surface area contributed by atoms with Gasteiger partial charge in [-0.25, -0.2) is 14.8 Å². The number of carbonyl (C=O) groups excluding carboxylic acids is 1. The Balaban J connectivity index is 1.64. The lowest BCUT2D eigenvalue weighted by atomic mass is 10.3. The van der Waals surface area contributed by atoms with Crippen LogP contribution in [0.1, 0.15) is 0 Å². The number of rotatable bonds is 3. The van der Waals surface area contributed by atoms with Crippen molar-refractivity contribution >= 4 is 46.6 Å². The van der Waals surface area contributed by atoms with Crippen LogP contribution in [-0.4, -0.2) is 42.3 Å². The van der Waals surface area contributed by atoms with Crippen LogP contribution in [0.15, 0.2) is 30.6 Å². The Morgan fingerprint density at radius 1 is 1.08 bits per heavy atom. The maximum Gasteiger partial charge on any atom is 0.324 e. The first-order valence-corrected chi connectivity index (χ1v) is 8.05. The van der Waals surface area contributed by atoms with Crippen molar-refractivity contribution in [3.8, 4) is 0 Å². The maximum atomic E-state index is 12.1. The van der Waals surface area contributed by atoms with Crippen LogP contribution in [0.5, 0.6) is 0 Å². The topological polar surface area (TPSA) is 79.4 Å². The van der Waals surface area contributed by atoms with Gasteiger partial charge in [0, 0.05) is 24.8 Å². The highest BCUT2D eigenvalue weighted by Crippen LogP contribution is 2.25. The lowest BCUT2D eigenvalue weighted by Crippen LogP contribution is -2.36. The predicted octanol–water partition coefficient (Wildman–Crippen LogP) is 3.26. The highest BCUT2D eigenvalue weighted by molar-refractivity contribution is 6.42. The monoisotopic (exact) mass is 367 g/mol. The van der Waals surface area contributed by atoms with Gasteiger partial charge >= 0.3 is 6.03 Å². The summed E-state index contributed by atoms with van der Waals surface area (Å²) in [6.45, 7) is 2.83. The van der Waals surface area contributed by atoms with E-state index in [-0.39, 0.29) is 0 Å². The Hall–Kier alpha value is -2.09. The van der Waals surface area contributed by atoms with Crippen molar-refractivity contribution in [3.63, 3.8) is 0 Å². The molecule has 1 fully saturated rings. The molecule has 1 aliphatic heterocycles.